The monoisotopic (exact) mass is 606 g/mol. The van der Waals surface area contributed by atoms with E-state index in [2.05, 4.69) is 38.1 Å². The summed E-state index contributed by atoms with van der Waals surface area (Å²) in [6, 6.07) is 13.5. The van der Waals surface area contributed by atoms with Gasteiger partial charge < -0.3 is 31.1 Å². The molecule has 238 valence electrons. The summed E-state index contributed by atoms with van der Waals surface area (Å²) in [6.45, 7) is 12.5. The number of nitrogens with one attached hydrogen (secondary N) is 4. The van der Waals surface area contributed by atoms with Crippen molar-refractivity contribution >= 4 is 35.1 Å². The summed E-state index contributed by atoms with van der Waals surface area (Å²) in [6.07, 6.45) is 0. The van der Waals surface area contributed by atoms with Crippen LogP contribution in [0.5, 0.6) is 0 Å². The lowest BCUT2D eigenvalue weighted by Gasteiger charge is -2.34. The molecule has 0 saturated carbocycles. The highest BCUT2D eigenvalue weighted by atomic mass is 16.2. The molecule has 2 aromatic rings. The average molecular weight is 607 g/mol. The Bertz CT molecular complexity index is 1290. The molecule has 1 fully saturated rings. The van der Waals surface area contributed by atoms with Crippen molar-refractivity contribution in [3.63, 3.8) is 0 Å². The van der Waals surface area contributed by atoms with Gasteiger partial charge in [-0.1, -0.05) is 58.0 Å². The molecule has 3 atom stereocenters. The zero-order chi connectivity index (χ0) is 32.4. The minimum atomic E-state index is -1.08. The number of ketones is 1. The third kappa shape index (κ3) is 9.63. The van der Waals surface area contributed by atoms with E-state index in [1.165, 1.54) is 6.92 Å². The maximum Gasteiger partial charge on any atom is 0.289 e. The lowest BCUT2D eigenvalue weighted by atomic mass is 9.98. The number of carbonyl (C=O) groups excluding carboxylic acids is 5. The van der Waals surface area contributed by atoms with Gasteiger partial charge in [0.15, 0.2) is 0 Å². The Labute approximate surface area is 260 Å². The standard InChI is InChI=1S/C33H46N6O5/c1-21(2)27(29(40)33(44)34-20-24-10-8-7-9-11-24)36-30(41)23(5)35-32(43)28(22(3)4)37-31(42)25-12-14-26(15-13-25)39-18-16-38(6)17-19-39/h7-15,21-23,27-28H,16-20H2,1-6H3,(H,34,44)(H,35,43)(H,36,41)(H,37,42)/t23-,27-,28-/m0/s1. The molecule has 11 nitrogen and oxygen atoms in total. The number of nitrogens with zero attached hydrogens (tertiary/aromatic N) is 2. The number of piperazine rings is 1. The van der Waals surface area contributed by atoms with Crippen molar-refractivity contribution in [1.82, 2.24) is 26.2 Å². The largest absolute Gasteiger partial charge is 0.369 e. The molecule has 0 unspecified atom stereocenters. The first-order chi connectivity index (χ1) is 20.9. The van der Waals surface area contributed by atoms with E-state index in [0.717, 1.165) is 37.4 Å². The van der Waals surface area contributed by atoms with Crippen molar-refractivity contribution in [2.24, 2.45) is 11.8 Å². The van der Waals surface area contributed by atoms with Gasteiger partial charge in [-0.2, -0.15) is 0 Å². The number of hydrogen-bond donors (Lipinski definition) is 4. The van der Waals surface area contributed by atoms with Crippen LogP contribution < -0.4 is 26.2 Å². The van der Waals surface area contributed by atoms with E-state index < -0.39 is 47.5 Å². The average Bonchev–Trinajstić information content (AvgIpc) is 3.01. The molecule has 0 bridgehead atoms. The van der Waals surface area contributed by atoms with Crippen LogP contribution in [-0.2, 0) is 25.7 Å². The summed E-state index contributed by atoms with van der Waals surface area (Å²) >= 11 is 0. The first kappa shape index (κ1) is 34.2. The molecule has 1 aliphatic heterocycles. The van der Waals surface area contributed by atoms with Gasteiger partial charge in [-0.15, -0.1) is 0 Å². The molecule has 1 aliphatic rings. The highest BCUT2D eigenvalue weighted by molar-refractivity contribution is 6.38. The van der Waals surface area contributed by atoms with Crippen molar-refractivity contribution in [3.8, 4) is 0 Å². The maximum absolute atomic E-state index is 13.2. The fraction of sp³-hybridized carbons (Fsp3) is 0.485. The second-order valence-corrected chi connectivity index (χ2v) is 12.0. The van der Waals surface area contributed by atoms with Crippen LogP contribution in [0.3, 0.4) is 0 Å². The van der Waals surface area contributed by atoms with Crippen LogP contribution in [0.1, 0.15) is 50.5 Å². The third-order valence-electron chi connectivity index (χ3n) is 7.75. The van der Waals surface area contributed by atoms with Crippen LogP contribution in [0.15, 0.2) is 54.6 Å². The number of benzene rings is 2. The number of Topliss-reactive ketones (excluding diaryl/α,β-unsaturated/α-hetero) is 1. The smallest absolute Gasteiger partial charge is 0.289 e. The maximum atomic E-state index is 13.2. The number of anilines is 1. The summed E-state index contributed by atoms with van der Waals surface area (Å²) in [5.41, 5.74) is 2.31. The van der Waals surface area contributed by atoms with Gasteiger partial charge in [0.1, 0.15) is 12.1 Å². The fourth-order valence-electron chi connectivity index (χ4n) is 4.84. The Kier molecular flexibility index (Phi) is 12.5. The lowest BCUT2D eigenvalue weighted by molar-refractivity contribution is -0.141. The van der Waals surface area contributed by atoms with Gasteiger partial charge >= 0.3 is 0 Å². The van der Waals surface area contributed by atoms with Crippen molar-refractivity contribution in [3.05, 3.63) is 65.7 Å². The van der Waals surface area contributed by atoms with E-state index >= 15 is 0 Å². The zero-order valence-electron chi connectivity index (χ0n) is 26.6. The van der Waals surface area contributed by atoms with E-state index in [-0.39, 0.29) is 18.4 Å². The molecule has 0 radical (unpaired) electrons. The topological polar surface area (TPSA) is 140 Å². The van der Waals surface area contributed by atoms with Crippen LogP contribution in [-0.4, -0.2) is 85.7 Å². The Balaban J connectivity index is 1.56. The van der Waals surface area contributed by atoms with Gasteiger partial charge in [-0.05, 0) is 55.6 Å². The van der Waals surface area contributed by atoms with E-state index in [4.69, 9.17) is 0 Å². The molecule has 0 aromatic heterocycles. The van der Waals surface area contributed by atoms with Crippen molar-refractivity contribution in [2.45, 2.75) is 59.3 Å². The molecule has 0 spiro atoms. The summed E-state index contributed by atoms with van der Waals surface area (Å²) in [7, 11) is 2.09. The predicted octanol–water partition coefficient (Wildman–Crippen LogP) is 1.72. The van der Waals surface area contributed by atoms with Crippen molar-refractivity contribution in [2.75, 3.05) is 38.1 Å². The second kappa shape index (κ2) is 16.0. The lowest BCUT2D eigenvalue weighted by Crippen LogP contribution is -2.57. The van der Waals surface area contributed by atoms with Gasteiger partial charge in [0.05, 0.1) is 6.04 Å². The molecule has 2 aromatic carbocycles. The molecule has 1 saturated heterocycles. The Hall–Kier alpha value is -4.25. The number of amides is 4. The Morgan fingerprint density at radius 1 is 0.705 bits per heavy atom. The Morgan fingerprint density at radius 3 is 1.86 bits per heavy atom. The molecular weight excluding hydrogens is 560 g/mol. The van der Waals surface area contributed by atoms with Crippen molar-refractivity contribution < 1.29 is 24.0 Å². The zero-order valence-corrected chi connectivity index (χ0v) is 26.6. The normalized spacial score (nSPS) is 15.7. The molecule has 1 heterocycles. The van der Waals surface area contributed by atoms with E-state index in [9.17, 15) is 24.0 Å². The van der Waals surface area contributed by atoms with Crippen LogP contribution in [0.4, 0.5) is 5.69 Å². The Morgan fingerprint density at radius 2 is 1.30 bits per heavy atom. The van der Waals surface area contributed by atoms with Crippen LogP contribution >= 0.6 is 0 Å². The van der Waals surface area contributed by atoms with Gasteiger partial charge in [0.2, 0.25) is 17.6 Å². The summed E-state index contributed by atoms with van der Waals surface area (Å²) in [5.74, 6) is -3.75. The molecular formula is C33H46N6O5. The molecule has 11 heteroatoms. The van der Waals surface area contributed by atoms with Crippen molar-refractivity contribution in [1.29, 1.82) is 0 Å². The van der Waals surface area contributed by atoms with E-state index in [1.54, 1.807) is 39.8 Å². The first-order valence-corrected chi connectivity index (χ1v) is 15.2. The van der Waals surface area contributed by atoms with Gasteiger partial charge in [0, 0.05) is 44.0 Å². The SMILES string of the molecule is CC(C)[C@H](NC(=O)c1ccc(N2CCN(C)CC2)cc1)C(=O)N[C@@H](C)C(=O)N[C@H](C(=O)C(=O)NCc1ccccc1)C(C)C. The van der Waals surface area contributed by atoms with Crippen LogP contribution in [0.25, 0.3) is 0 Å². The number of carbonyl (C=O) groups is 5. The van der Waals surface area contributed by atoms with Gasteiger partial charge in [0.25, 0.3) is 11.8 Å². The highest BCUT2D eigenvalue weighted by Gasteiger charge is 2.32. The fourth-order valence-corrected chi connectivity index (χ4v) is 4.84. The second-order valence-electron chi connectivity index (χ2n) is 12.0. The number of likely N-dealkylation sites (N-methyl/N-ethyl adjacent to an activating group) is 1. The minimum absolute atomic E-state index is 0.180. The molecule has 0 aliphatic carbocycles. The van der Waals surface area contributed by atoms with E-state index in [1.807, 2.05) is 42.5 Å². The van der Waals surface area contributed by atoms with Gasteiger partial charge in [-0.3, -0.25) is 24.0 Å². The quantitative estimate of drug-likeness (QED) is 0.255. The highest BCUT2D eigenvalue weighted by Crippen LogP contribution is 2.17. The summed E-state index contributed by atoms with van der Waals surface area (Å²) < 4.78 is 0. The first-order valence-electron chi connectivity index (χ1n) is 15.2. The predicted molar refractivity (Wildman–Crippen MR) is 170 cm³/mol. The molecule has 44 heavy (non-hydrogen) atoms. The number of rotatable bonds is 13. The summed E-state index contributed by atoms with van der Waals surface area (Å²) in [4.78, 5) is 69.3. The van der Waals surface area contributed by atoms with Gasteiger partial charge in [-0.25, -0.2) is 0 Å². The molecule has 4 N–H and O–H groups in total. The minimum Gasteiger partial charge on any atom is -0.369 e. The van der Waals surface area contributed by atoms with Crippen LogP contribution in [0, 0.1) is 11.8 Å². The van der Waals surface area contributed by atoms with E-state index in [0.29, 0.717) is 5.56 Å². The number of hydrogen-bond acceptors (Lipinski definition) is 7. The molecule has 4 amide bonds. The van der Waals surface area contributed by atoms with Crippen LogP contribution in [0.2, 0.25) is 0 Å². The summed E-state index contributed by atoms with van der Waals surface area (Å²) in [5, 5.41) is 10.6. The third-order valence-corrected chi connectivity index (χ3v) is 7.75. The molecule has 3 rings (SSSR count).